The van der Waals surface area contributed by atoms with E-state index in [2.05, 4.69) is 18.0 Å². The second kappa shape index (κ2) is 8.69. The molecule has 6 heteroatoms. The van der Waals surface area contributed by atoms with Gasteiger partial charge in [0.05, 0.1) is 23.8 Å². The Kier molecular flexibility index (Phi) is 6.09. The Morgan fingerprint density at radius 3 is 2.79 bits per heavy atom. The van der Waals surface area contributed by atoms with E-state index in [-0.39, 0.29) is 11.5 Å². The standard InChI is InChI=1S/C22H25N3O3/c1-4-16-8-5-6-9-20(16)28-13-7-12-24(2)21(26)17-10-11-18-19(14-17)23-15-25(3)22(18)27/h5-6,8-11,14-15H,4,7,12-13H2,1-3H3. The molecule has 146 valence electrons. The van der Waals surface area contributed by atoms with E-state index in [1.165, 1.54) is 16.5 Å². The van der Waals surface area contributed by atoms with Crippen molar-refractivity contribution in [2.45, 2.75) is 19.8 Å². The van der Waals surface area contributed by atoms with Gasteiger partial charge in [0.25, 0.3) is 11.5 Å². The Morgan fingerprint density at radius 2 is 2.00 bits per heavy atom. The lowest BCUT2D eigenvalue weighted by molar-refractivity contribution is 0.0788. The van der Waals surface area contributed by atoms with Crippen LogP contribution >= 0.6 is 0 Å². The molecule has 0 aliphatic heterocycles. The Hall–Kier alpha value is -3.15. The van der Waals surface area contributed by atoms with E-state index < -0.39 is 0 Å². The summed E-state index contributed by atoms with van der Waals surface area (Å²) < 4.78 is 7.28. The Balaban J connectivity index is 1.59. The summed E-state index contributed by atoms with van der Waals surface area (Å²) in [7, 11) is 3.42. The number of hydrogen-bond donors (Lipinski definition) is 0. The van der Waals surface area contributed by atoms with Gasteiger partial charge in [-0.05, 0) is 42.7 Å². The molecule has 0 radical (unpaired) electrons. The maximum Gasteiger partial charge on any atom is 0.260 e. The molecule has 0 N–H and O–H groups in total. The molecule has 1 aromatic heterocycles. The number of benzene rings is 2. The number of carbonyl (C=O) groups excluding carboxylic acids is 1. The molecular weight excluding hydrogens is 354 g/mol. The minimum atomic E-state index is -0.123. The summed E-state index contributed by atoms with van der Waals surface area (Å²) in [6.07, 6.45) is 3.12. The second-order valence-electron chi connectivity index (χ2n) is 6.78. The highest BCUT2D eigenvalue weighted by Gasteiger charge is 2.13. The number of nitrogens with zero attached hydrogens (tertiary/aromatic N) is 3. The van der Waals surface area contributed by atoms with Crippen LogP contribution in [0.3, 0.4) is 0 Å². The van der Waals surface area contributed by atoms with Crippen LogP contribution in [0.15, 0.2) is 53.6 Å². The lowest BCUT2D eigenvalue weighted by Crippen LogP contribution is -2.28. The van der Waals surface area contributed by atoms with Gasteiger partial charge >= 0.3 is 0 Å². The number of fused-ring (bicyclic) bond motifs is 1. The van der Waals surface area contributed by atoms with Gasteiger partial charge in [0.2, 0.25) is 0 Å². The van der Waals surface area contributed by atoms with E-state index in [0.29, 0.717) is 29.6 Å². The molecule has 0 bridgehead atoms. The van der Waals surface area contributed by atoms with Crippen molar-refractivity contribution in [1.29, 1.82) is 0 Å². The molecule has 0 atom stereocenters. The molecule has 0 saturated carbocycles. The summed E-state index contributed by atoms with van der Waals surface area (Å²) >= 11 is 0. The van der Waals surface area contributed by atoms with Gasteiger partial charge in [-0.3, -0.25) is 9.59 Å². The fourth-order valence-electron chi connectivity index (χ4n) is 3.09. The minimum absolute atomic E-state index is 0.0988. The summed E-state index contributed by atoms with van der Waals surface area (Å²) in [4.78, 5) is 30.7. The average Bonchev–Trinajstić information content (AvgIpc) is 2.73. The lowest BCUT2D eigenvalue weighted by atomic mass is 10.1. The number of carbonyl (C=O) groups is 1. The Labute approximate surface area is 164 Å². The van der Waals surface area contributed by atoms with Gasteiger partial charge < -0.3 is 14.2 Å². The third-order valence-electron chi connectivity index (χ3n) is 4.76. The van der Waals surface area contributed by atoms with Crippen molar-refractivity contribution < 1.29 is 9.53 Å². The number of ether oxygens (including phenoxy) is 1. The topological polar surface area (TPSA) is 64.4 Å². The third kappa shape index (κ3) is 4.22. The molecule has 0 spiro atoms. The molecule has 0 fully saturated rings. The molecule has 3 rings (SSSR count). The van der Waals surface area contributed by atoms with Crippen LogP contribution in [0.5, 0.6) is 5.75 Å². The predicted molar refractivity (Wildman–Crippen MR) is 110 cm³/mol. The molecule has 2 aromatic carbocycles. The highest BCUT2D eigenvalue weighted by atomic mass is 16.5. The monoisotopic (exact) mass is 379 g/mol. The van der Waals surface area contributed by atoms with E-state index in [1.807, 2.05) is 18.2 Å². The van der Waals surface area contributed by atoms with E-state index in [0.717, 1.165) is 18.6 Å². The van der Waals surface area contributed by atoms with Crippen LogP contribution in [0.4, 0.5) is 0 Å². The van der Waals surface area contributed by atoms with E-state index >= 15 is 0 Å². The van der Waals surface area contributed by atoms with Gasteiger partial charge in [-0.1, -0.05) is 25.1 Å². The Morgan fingerprint density at radius 1 is 1.21 bits per heavy atom. The zero-order valence-corrected chi connectivity index (χ0v) is 16.5. The normalized spacial score (nSPS) is 10.8. The number of rotatable bonds is 7. The third-order valence-corrected chi connectivity index (χ3v) is 4.76. The second-order valence-corrected chi connectivity index (χ2v) is 6.78. The number of amides is 1. The molecule has 1 amide bonds. The van der Waals surface area contributed by atoms with Gasteiger partial charge in [-0.15, -0.1) is 0 Å². The highest BCUT2D eigenvalue weighted by Crippen LogP contribution is 2.18. The molecule has 1 heterocycles. The van der Waals surface area contributed by atoms with Crippen molar-refractivity contribution in [3.05, 3.63) is 70.3 Å². The van der Waals surface area contributed by atoms with Crippen LogP contribution < -0.4 is 10.3 Å². The van der Waals surface area contributed by atoms with Gasteiger partial charge in [0.15, 0.2) is 0 Å². The summed E-state index contributed by atoms with van der Waals surface area (Å²) in [5, 5.41) is 0.507. The van der Waals surface area contributed by atoms with Crippen LogP contribution in [0, 0.1) is 0 Å². The van der Waals surface area contributed by atoms with Crippen LogP contribution in [-0.4, -0.2) is 40.6 Å². The molecule has 6 nitrogen and oxygen atoms in total. The SMILES string of the molecule is CCc1ccccc1OCCCN(C)C(=O)c1ccc2c(=O)n(C)cnc2c1. The van der Waals surface area contributed by atoms with Crippen LogP contribution in [0.2, 0.25) is 0 Å². The van der Waals surface area contributed by atoms with Gasteiger partial charge in [0.1, 0.15) is 5.75 Å². The number of aromatic nitrogens is 2. The molecule has 0 aliphatic rings. The summed E-state index contributed by atoms with van der Waals surface area (Å²) in [5.41, 5.74) is 2.11. The molecule has 3 aromatic rings. The lowest BCUT2D eigenvalue weighted by Gasteiger charge is -2.18. The van der Waals surface area contributed by atoms with Crippen molar-refractivity contribution in [1.82, 2.24) is 14.5 Å². The fraction of sp³-hybridized carbons (Fsp3) is 0.318. The summed E-state index contributed by atoms with van der Waals surface area (Å²) in [6.45, 7) is 3.22. The number of aryl methyl sites for hydroxylation is 2. The van der Waals surface area contributed by atoms with Crippen molar-refractivity contribution in [2.24, 2.45) is 7.05 Å². The largest absolute Gasteiger partial charge is 0.493 e. The molecular formula is C22H25N3O3. The fourth-order valence-corrected chi connectivity index (χ4v) is 3.09. The van der Waals surface area contributed by atoms with Gasteiger partial charge in [0, 0.05) is 26.2 Å². The first kappa shape index (κ1) is 19.6. The Bertz CT molecular complexity index is 1040. The van der Waals surface area contributed by atoms with Crippen LogP contribution in [0.25, 0.3) is 10.9 Å². The van der Waals surface area contributed by atoms with Crippen LogP contribution in [-0.2, 0) is 13.5 Å². The molecule has 0 aliphatic carbocycles. The van der Waals surface area contributed by atoms with Gasteiger partial charge in [-0.25, -0.2) is 4.98 Å². The maximum atomic E-state index is 12.7. The van der Waals surface area contributed by atoms with E-state index in [1.54, 1.807) is 37.2 Å². The maximum absolute atomic E-state index is 12.7. The van der Waals surface area contributed by atoms with Crippen molar-refractivity contribution in [2.75, 3.05) is 20.2 Å². The molecule has 0 saturated heterocycles. The first-order chi connectivity index (χ1) is 13.5. The van der Waals surface area contributed by atoms with Gasteiger partial charge in [-0.2, -0.15) is 0 Å². The first-order valence-electron chi connectivity index (χ1n) is 9.42. The van der Waals surface area contributed by atoms with Crippen LogP contribution in [0.1, 0.15) is 29.3 Å². The smallest absolute Gasteiger partial charge is 0.260 e. The molecule has 28 heavy (non-hydrogen) atoms. The van der Waals surface area contributed by atoms with E-state index in [9.17, 15) is 9.59 Å². The minimum Gasteiger partial charge on any atom is -0.493 e. The highest BCUT2D eigenvalue weighted by molar-refractivity contribution is 5.97. The first-order valence-corrected chi connectivity index (χ1v) is 9.42. The zero-order chi connectivity index (χ0) is 20.1. The van der Waals surface area contributed by atoms with E-state index in [4.69, 9.17) is 4.74 Å². The number of hydrogen-bond acceptors (Lipinski definition) is 4. The molecule has 0 unspecified atom stereocenters. The quantitative estimate of drug-likeness (QED) is 0.592. The number of para-hydroxylation sites is 1. The summed E-state index contributed by atoms with van der Waals surface area (Å²) in [5.74, 6) is 0.805. The van der Waals surface area contributed by atoms with Crippen molar-refractivity contribution in [3.8, 4) is 5.75 Å². The zero-order valence-electron chi connectivity index (χ0n) is 16.5. The average molecular weight is 379 g/mol. The summed E-state index contributed by atoms with van der Waals surface area (Å²) in [6, 6.07) is 13.0. The van der Waals surface area contributed by atoms with Crippen molar-refractivity contribution >= 4 is 16.8 Å². The van der Waals surface area contributed by atoms with Crippen molar-refractivity contribution in [3.63, 3.8) is 0 Å². The predicted octanol–water partition coefficient (Wildman–Crippen LogP) is 3.04.